The largest absolute Gasteiger partial charge is 0.489 e. The Balaban J connectivity index is 1.42. The summed E-state index contributed by atoms with van der Waals surface area (Å²) in [5.74, 6) is 2.13. The first-order valence-electron chi connectivity index (χ1n) is 11.3. The summed E-state index contributed by atoms with van der Waals surface area (Å²) in [6.45, 7) is 1.95. The van der Waals surface area contributed by atoms with E-state index < -0.39 is 5.41 Å². The second kappa shape index (κ2) is 7.69. The Labute approximate surface area is 191 Å². The number of fused-ring (bicyclic) bond motifs is 5. The lowest BCUT2D eigenvalue weighted by atomic mass is 9.73. The van der Waals surface area contributed by atoms with Crippen LogP contribution in [0.4, 0.5) is 0 Å². The predicted octanol–water partition coefficient (Wildman–Crippen LogP) is 3.49. The van der Waals surface area contributed by atoms with Gasteiger partial charge in [0.2, 0.25) is 5.91 Å². The van der Waals surface area contributed by atoms with E-state index in [9.17, 15) is 9.59 Å². The van der Waals surface area contributed by atoms with Crippen LogP contribution in [0, 0.1) is 5.41 Å². The third-order valence-corrected chi connectivity index (χ3v) is 7.07. The number of ether oxygens (including phenoxy) is 2. The SMILES string of the molecule is O=C1CCc2cccc(c2)Oc2cccc3c2OC[C@]2(CN1)CN(C(=O)c1cc[nH]c1)C[C@H]32. The molecule has 0 radical (unpaired) electrons. The van der Waals surface area contributed by atoms with Crippen LogP contribution in [0.15, 0.2) is 60.9 Å². The molecule has 7 rings (SSSR count). The second-order valence-electron chi connectivity index (χ2n) is 9.19. The minimum atomic E-state index is -0.397. The van der Waals surface area contributed by atoms with Crippen LogP contribution in [0.5, 0.6) is 17.2 Å². The molecule has 2 atom stereocenters. The van der Waals surface area contributed by atoms with Crippen molar-refractivity contribution in [2.24, 2.45) is 5.41 Å². The monoisotopic (exact) mass is 443 g/mol. The molecule has 7 heteroatoms. The Kier molecular flexibility index (Phi) is 4.64. The average molecular weight is 444 g/mol. The molecule has 3 aromatic rings. The van der Waals surface area contributed by atoms with Crippen LogP contribution in [0.2, 0.25) is 0 Å². The van der Waals surface area contributed by atoms with Crippen molar-refractivity contribution < 1.29 is 19.1 Å². The number of aromatic amines is 1. The molecule has 0 saturated carbocycles. The lowest BCUT2D eigenvalue weighted by Crippen LogP contribution is -2.48. The maximum Gasteiger partial charge on any atom is 0.255 e. The zero-order valence-corrected chi connectivity index (χ0v) is 18.2. The van der Waals surface area contributed by atoms with E-state index in [1.54, 1.807) is 18.5 Å². The zero-order valence-electron chi connectivity index (χ0n) is 18.2. The Morgan fingerprint density at radius 1 is 1.12 bits per heavy atom. The maximum absolute atomic E-state index is 13.2. The van der Waals surface area contributed by atoms with Crippen molar-refractivity contribution in [2.75, 3.05) is 26.2 Å². The van der Waals surface area contributed by atoms with Crippen molar-refractivity contribution in [3.05, 3.63) is 77.6 Å². The number of amides is 2. The third-order valence-electron chi connectivity index (χ3n) is 7.07. The molecule has 1 fully saturated rings. The molecule has 33 heavy (non-hydrogen) atoms. The van der Waals surface area contributed by atoms with Crippen LogP contribution in [0.1, 0.15) is 33.8 Å². The van der Waals surface area contributed by atoms with Crippen molar-refractivity contribution in [3.63, 3.8) is 0 Å². The Bertz CT molecular complexity index is 1220. The molecule has 6 bridgehead atoms. The van der Waals surface area contributed by atoms with Gasteiger partial charge in [0.25, 0.3) is 5.91 Å². The number of para-hydroxylation sites is 1. The second-order valence-corrected chi connectivity index (χ2v) is 9.19. The maximum atomic E-state index is 13.2. The van der Waals surface area contributed by atoms with Gasteiger partial charge in [-0.05, 0) is 36.2 Å². The first-order valence-corrected chi connectivity index (χ1v) is 11.3. The van der Waals surface area contributed by atoms with Gasteiger partial charge in [0.15, 0.2) is 11.5 Å². The summed E-state index contributed by atoms with van der Waals surface area (Å²) in [5.41, 5.74) is 2.31. The number of nitrogens with zero attached hydrogens (tertiary/aromatic N) is 1. The van der Waals surface area contributed by atoms with Crippen molar-refractivity contribution in [2.45, 2.75) is 18.8 Å². The molecule has 2 N–H and O–H groups in total. The fourth-order valence-corrected chi connectivity index (χ4v) is 5.34. The fourth-order valence-electron chi connectivity index (χ4n) is 5.34. The summed E-state index contributed by atoms with van der Waals surface area (Å²) < 4.78 is 12.6. The zero-order chi connectivity index (χ0) is 22.4. The van der Waals surface area contributed by atoms with Crippen LogP contribution < -0.4 is 14.8 Å². The van der Waals surface area contributed by atoms with Crippen molar-refractivity contribution in [1.29, 1.82) is 0 Å². The van der Waals surface area contributed by atoms with Crippen LogP contribution in [-0.4, -0.2) is 47.9 Å². The van der Waals surface area contributed by atoms with Gasteiger partial charge >= 0.3 is 0 Å². The van der Waals surface area contributed by atoms with Crippen molar-refractivity contribution >= 4 is 11.8 Å². The third kappa shape index (κ3) is 3.44. The summed E-state index contributed by atoms with van der Waals surface area (Å²) in [5, 5.41) is 3.14. The molecule has 0 aliphatic carbocycles. The normalized spacial score (nSPS) is 23.7. The molecule has 4 aliphatic heterocycles. The molecule has 7 nitrogen and oxygen atoms in total. The first-order chi connectivity index (χ1) is 16.1. The number of nitrogens with one attached hydrogen (secondary N) is 2. The highest BCUT2D eigenvalue weighted by Crippen LogP contribution is 2.52. The van der Waals surface area contributed by atoms with Gasteiger partial charge in [-0.25, -0.2) is 0 Å². The van der Waals surface area contributed by atoms with E-state index in [1.165, 1.54) is 0 Å². The van der Waals surface area contributed by atoms with Crippen LogP contribution >= 0.6 is 0 Å². The van der Waals surface area contributed by atoms with Crippen molar-refractivity contribution in [3.8, 4) is 17.2 Å². The number of aromatic nitrogens is 1. The minimum absolute atomic E-state index is 0.00136. The molecule has 4 aliphatic rings. The number of H-pyrrole nitrogens is 1. The van der Waals surface area contributed by atoms with Crippen LogP contribution in [0.25, 0.3) is 0 Å². The van der Waals surface area contributed by atoms with Gasteiger partial charge in [-0.1, -0.05) is 24.3 Å². The number of rotatable bonds is 1. The minimum Gasteiger partial charge on any atom is -0.489 e. The molecule has 1 spiro atoms. The van der Waals surface area contributed by atoms with Crippen molar-refractivity contribution in [1.82, 2.24) is 15.2 Å². The molecule has 2 amide bonds. The van der Waals surface area contributed by atoms with E-state index >= 15 is 0 Å². The van der Waals surface area contributed by atoms with Gasteiger partial charge in [-0.2, -0.15) is 0 Å². The van der Waals surface area contributed by atoms with Gasteiger partial charge < -0.3 is 24.7 Å². The summed E-state index contributed by atoms with van der Waals surface area (Å²) >= 11 is 0. The number of aryl methyl sites for hydroxylation is 1. The number of likely N-dealkylation sites (tertiary alicyclic amines) is 1. The summed E-state index contributed by atoms with van der Waals surface area (Å²) in [6.07, 6.45) is 4.51. The lowest BCUT2D eigenvalue weighted by Gasteiger charge is -2.39. The smallest absolute Gasteiger partial charge is 0.255 e. The first kappa shape index (κ1) is 19.9. The van der Waals surface area contributed by atoms with E-state index in [2.05, 4.69) is 16.4 Å². The van der Waals surface area contributed by atoms with Gasteiger partial charge in [0.05, 0.1) is 12.2 Å². The highest BCUT2D eigenvalue weighted by Gasteiger charge is 2.53. The highest BCUT2D eigenvalue weighted by atomic mass is 16.5. The van der Waals surface area contributed by atoms with Crippen LogP contribution in [-0.2, 0) is 11.2 Å². The number of carbonyl (C=O) groups excluding carboxylic acids is 2. The highest BCUT2D eigenvalue weighted by molar-refractivity contribution is 5.94. The lowest BCUT2D eigenvalue weighted by molar-refractivity contribution is -0.121. The molecule has 168 valence electrons. The quantitative estimate of drug-likeness (QED) is 0.603. The van der Waals surface area contributed by atoms with Gasteiger partial charge in [0, 0.05) is 55.3 Å². The number of benzene rings is 2. The average Bonchev–Trinajstić information content (AvgIpc) is 3.50. The standard InChI is InChI=1S/C26H25N3O4/c30-23-8-7-17-3-1-4-19(11-17)33-22-6-2-5-20-21-13-29(25(31)18-9-10-27-12-18)15-26(21,14-28-23)16-32-24(20)22/h1-6,9-12,21,27H,7-8,13-16H2,(H,28,30)/t21-,26+/m1/s1. The van der Waals surface area contributed by atoms with Gasteiger partial charge in [-0.15, -0.1) is 0 Å². The van der Waals surface area contributed by atoms with Crippen LogP contribution in [0.3, 0.4) is 0 Å². The fraction of sp³-hybridized carbons (Fsp3) is 0.308. The van der Waals surface area contributed by atoms with Gasteiger partial charge in [0.1, 0.15) is 5.75 Å². The summed E-state index contributed by atoms with van der Waals surface area (Å²) in [7, 11) is 0. The number of hydrogen-bond acceptors (Lipinski definition) is 4. The van der Waals surface area contributed by atoms with E-state index in [0.29, 0.717) is 50.4 Å². The molecule has 0 unspecified atom stereocenters. The van der Waals surface area contributed by atoms with E-state index in [1.807, 2.05) is 41.3 Å². The molecule has 2 aromatic carbocycles. The Hall–Kier alpha value is -3.74. The molecular formula is C26H25N3O4. The Morgan fingerprint density at radius 2 is 2.03 bits per heavy atom. The van der Waals surface area contributed by atoms with Gasteiger partial charge in [-0.3, -0.25) is 9.59 Å². The predicted molar refractivity (Wildman–Crippen MR) is 122 cm³/mol. The summed E-state index contributed by atoms with van der Waals surface area (Å²) in [4.78, 5) is 30.7. The molecule has 5 heterocycles. The number of carbonyl (C=O) groups is 2. The topological polar surface area (TPSA) is 83.7 Å². The van der Waals surface area contributed by atoms with E-state index in [0.717, 1.165) is 22.6 Å². The summed E-state index contributed by atoms with van der Waals surface area (Å²) in [6, 6.07) is 15.6. The molecular weight excluding hydrogens is 418 g/mol. The molecule has 1 aromatic heterocycles. The number of hydrogen-bond donors (Lipinski definition) is 2. The Morgan fingerprint density at radius 3 is 2.91 bits per heavy atom. The molecule has 1 saturated heterocycles. The van der Waals surface area contributed by atoms with E-state index in [4.69, 9.17) is 9.47 Å². The van der Waals surface area contributed by atoms with E-state index in [-0.39, 0.29) is 17.7 Å².